The fraction of sp³-hybridized carbons (Fsp3) is 0. The smallest absolute Gasteiger partial charge is 0.268 e. The summed E-state index contributed by atoms with van der Waals surface area (Å²) in [6.07, 6.45) is 3.22. The van der Waals surface area contributed by atoms with Gasteiger partial charge >= 0.3 is 0 Å². The summed E-state index contributed by atoms with van der Waals surface area (Å²) in [5.41, 5.74) is 0. The summed E-state index contributed by atoms with van der Waals surface area (Å²) in [4.78, 5) is 16.1. The first kappa shape index (κ1) is 8.83. The number of anilines is 1. The van der Waals surface area contributed by atoms with E-state index in [0.29, 0.717) is 10.7 Å². The van der Waals surface area contributed by atoms with Gasteiger partial charge < -0.3 is 5.32 Å². The van der Waals surface area contributed by atoms with Gasteiger partial charge in [-0.15, -0.1) is 0 Å². The molecule has 70 valence electrons. The maximum Gasteiger partial charge on any atom is 0.268 e. The van der Waals surface area contributed by atoms with Crippen LogP contribution in [-0.2, 0) is 0 Å². The van der Waals surface area contributed by atoms with Crippen LogP contribution in [0, 0.1) is 0 Å². The number of carbonyl (C=O) groups excluding carboxylic acids is 1. The average Bonchev–Trinajstić information content (AvgIpc) is 2.72. The summed E-state index contributed by atoms with van der Waals surface area (Å²) in [6.45, 7) is 0. The normalized spacial score (nSPS) is 9.71. The van der Waals surface area contributed by atoms with Crippen molar-refractivity contribution in [1.82, 2.24) is 9.36 Å². The molecule has 2 rings (SSSR count). The van der Waals surface area contributed by atoms with Crippen LogP contribution >= 0.6 is 11.5 Å². The van der Waals surface area contributed by atoms with E-state index in [0.717, 1.165) is 11.5 Å². The van der Waals surface area contributed by atoms with E-state index < -0.39 is 0 Å². The van der Waals surface area contributed by atoms with Gasteiger partial charge in [-0.1, -0.05) is 6.07 Å². The zero-order chi connectivity index (χ0) is 9.80. The number of carbonyl (C=O) groups is 1. The molecule has 0 bridgehead atoms. The van der Waals surface area contributed by atoms with Gasteiger partial charge in [0, 0.05) is 12.4 Å². The van der Waals surface area contributed by atoms with Crippen molar-refractivity contribution in [3.05, 3.63) is 41.5 Å². The molecule has 0 aromatic carbocycles. The molecule has 0 aliphatic heterocycles. The Kier molecular flexibility index (Phi) is 2.51. The molecular formula is C9H7N3OS. The van der Waals surface area contributed by atoms with Gasteiger partial charge in [0.1, 0.15) is 10.7 Å². The fourth-order valence-corrected chi connectivity index (χ4v) is 1.44. The predicted molar refractivity (Wildman–Crippen MR) is 54.3 cm³/mol. The van der Waals surface area contributed by atoms with Gasteiger partial charge in [0.2, 0.25) is 0 Å². The SMILES string of the molecule is O=C(Nc1ccccn1)c1ccns1. The van der Waals surface area contributed by atoms with Crippen LogP contribution < -0.4 is 5.32 Å². The molecular weight excluding hydrogens is 198 g/mol. The lowest BCUT2D eigenvalue weighted by Crippen LogP contribution is -2.10. The molecule has 14 heavy (non-hydrogen) atoms. The number of nitrogens with zero attached hydrogens (tertiary/aromatic N) is 2. The Morgan fingerprint density at radius 3 is 2.86 bits per heavy atom. The quantitative estimate of drug-likeness (QED) is 0.813. The predicted octanol–water partition coefficient (Wildman–Crippen LogP) is 1.79. The lowest BCUT2D eigenvalue weighted by atomic mass is 10.4. The Morgan fingerprint density at radius 2 is 2.21 bits per heavy atom. The Bertz CT molecular complexity index is 413. The highest BCUT2D eigenvalue weighted by Crippen LogP contribution is 2.08. The third kappa shape index (κ3) is 1.94. The van der Waals surface area contributed by atoms with Crippen LogP contribution in [0.15, 0.2) is 36.7 Å². The maximum absolute atomic E-state index is 11.5. The number of hydrogen-bond donors (Lipinski definition) is 1. The molecule has 1 amide bonds. The number of hydrogen-bond acceptors (Lipinski definition) is 4. The molecule has 0 radical (unpaired) electrons. The van der Waals surface area contributed by atoms with Gasteiger partial charge in [0.25, 0.3) is 5.91 Å². The zero-order valence-electron chi connectivity index (χ0n) is 7.18. The molecule has 0 fully saturated rings. The Hall–Kier alpha value is -1.75. The van der Waals surface area contributed by atoms with Crippen molar-refractivity contribution < 1.29 is 4.79 Å². The van der Waals surface area contributed by atoms with Crippen molar-refractivity contribution >= 4 is 23.3 Å². The van der Waals surface area contributed by atoms with Crippen molar-refractivity contribution in [2.45, 2.75) is 0 Å². The highest BCUT2D eigenvalue weighted by Gasteiger charge is 2.07. The third-order valence-corrected chi connectivity index (χ3v) is 2.31. The second kappa shape index (κ2) is 3.97. The third-order valence-electron chi connectivity index (χ3n) is 1.57. The van der Waals surface area contributed by atoms with Crippen molar-refractivity contribution in [1.29, 1.82) is 0 Å². The maximum atomic E-state index is 11.5. The Morgan fingerprint density at radius 1 is 1.29 bits per heavy atom. The molecule has 0 unspecified atom stereocenters. The van der Waals surface area contributed by atoms with Crippen LogP contribution in [0.2, 0.25) is 0 Å². The van der Waals surface area contributed by atoms with Crippen LogP contribution in [-0.4, -0.2) is 15.3 Å². The largest absolute Gasteiger partial charge is 0.306 e. The van der Waals surface area contributed by atoms with Gasteiger partial charge in [-0.2, -0.15) is 0 Å². The number of nitrogens with one attached hydrogen (secondary N) is 1. The standard InChI is InChI=1S/C9H7N3OS/c13-9(7-4-6-11-14-7)12-8-3-1-2-5-10-8/h1-6H,(H,10,12,13). The van der Waals surface area contributed by atoms with Gasteiger partial charge in [0.15, 0.2) is 0 Å². The summed E-state index contributed by atoms with van der Waals surface area (Å²) < 4.78 is 3.85. The molecule has 0 atom stereocenters. The minimum Gasteiger partial charge on any atom is -0.306 e. The Labute approximate surface area is 84.8 Å². The van der Waals surface area contributed by atoms with E-state index in [1.54, 1.807) is 30.6 Å². The summed E-state index contributed by atoms with van der Waals surface area (Å²) in [5, 5.41) is 2.66. The summed E-state index contributed by atoms with van der Waals surface area (Å²) in [6, 6.07) is 7.01. The molecule has 2 heterocycles. The number of aromatic nitrogens is 2. The van der Waals surface area contributed by atoms with E-state index in [2.05, 4.69) is 14.7 Å². The molecule has 0 aliphatic rings. The van der Waals surface area contributed by atoms with Gasteiger partial charge in [-0.05, 0) is 29.7 Å². The van der Waals surface area contributed by atoms with E-state index in [-0.39, 0.29) is 5.91 Å². The topological polar surface area (TPSA) is 54.9 Å². The minimum absolute atomic E-state index is 0.175. The first-order chi connectivity index (χ1) is 6.86. The summed E-state index contributed by atoms with van der Waals surface area (Å²) in [5.74, 6) is 0.372. The second-order valence-electron chi connectivity index (χ2n) is 2.55. The van der Waals surface area contributed by atoms with Gasteiger partial charge in [0.05, 0.1) is 0 Å². The van der Waals surface area contributed by atoms with Crippen LogP contribution in [0.25, 0.3) is 0 Å². The molecule has 0 spiro atoms. The Balaban J connectivity index is 2.10. The fourth-order valence-electron chi connectivity index (χ4n) is 0.948. The monoisotopic (exact) mass is 205 g/mol. The highest BCUT2D eigenvalue weighted by molar-refractivity contribution is 7.08. The van der Waals surface area contributed by atoms with Crippen molar-refractivity contribution in [2.24, 2.45) is 0 Å². The average molecular weight is 205 g/mol. The molecule has 0 saturated heterocycles. The van der Waals surface area contributed by atoms with Crippen molar-refractivity contribution in [3.63, 3.8) is 0 Å². The zero-order valence-corrected chi connectivity index (χ0v) is 7.99. The molecule has 5 heteroatoms. The number of pyridine rings is 1. The molecule has 1 N–H and O–H groups in total. The molecule has 2 aromatic rings. The highest BCUT2D eigenvalue weighted by atomic mass is 32.1. The molecule has 4 nitrogen and oxygen atoms in total. The summed E-state index contributed by atoms with van der Waals surface area (Å²) >= 11 is 1.16. The second-order valence-corrected chi connectivity index (χ2v) is 3.38. The first-order valence-corrected chi connectivity index (χ1v) is 4.76. The minimum atomic E-state index is -0.175. The van der Waals surface area contributed by atoms with E-state index >= 15 is 0 Å². The molecule has 0 aliphatic carbocycles. The lowest BCUT2D eigenvalue weighted by molar-refractivity contribution is 0.103. The van der Waals surface area contributed by atoms with Crippen LogP contribution in [0.5, 0.6) is 0 Å². The summed E-state index contributed by atoms with van der Waals surface area (Å²) in [7, 11) is 0. The van der Waals surface area contributed by atoms with Crippen LogP contribution in [0.3, 0.4) is 0 Å². The first-order valence-electron chi connectivity index (χ1n) is 3.99. The van der Waals surface area contributed by atoms with Crippen LogP contribution in [0.1, 0.15) is 9.67 Å². The number of amides is 1. The molecule has 0 saturated carbocycles. The lowest BCUT2D eigenvalue weighted by Gasteiger charge is -2.00. The van der Waals surface area contributed by atoms with E-state index in [1.165, 1.54) is 0 Å². The molecule has 2 aromatic heterocycles. The number of rotatable bonds is 2. The van der Waals surface area contributed by atoms with Crippen LogP contribution in [0.4, 0.5) is 5.82 Å². The van der Waals surface area contributed by atoms with Gasteiger partial charge in [-0.3, -0.25) is 4.79 Å². The van der Waals surface area contributed by atoms with E-state index in [1.807, 2.05) is 6.07 Å². The van der Waals surface area contributed by atoms with Crippen molar-refractivity contribution in [2.75, 3.05) is 5.32 Å². The van der Waals surface area contributed by atoms with E-state index in [4.69, 9.17) is 0 Å². The van der Waals surface area contributed by atoms with Gasteiger partial charge in [-0.25, -0.2) is 9.36 Å². The van der Waals surface area contributed by atoms with E-state index in [9.17, 15) is 4.79 Å². The van der Waals surface area contributed by atoms with Crippen molar-refractivity contribution in [3.8, 4) is 0 Å².